The van der Waals surface area contributed by atoms with E-state index in [1.54, 1.807) is 7.11 Å². The van der Waals surface area contributed by atoms with Crippen molar-refractivity contribution in [1.82, 2.24) is 9.88 Å². The van der Waals surface area contributed by atoms with Crippen LogP contribution in [0, 0.1) is 0 Å². The molecule has 0 saturated carbocycles. The van der Waals surface area contributed by atoms with E-state index in [4.69, 9.17) is 10.5 Å². The van der Waals surface area contributed by atoms with Crippen molar-refractivity contribution in [3.05, 3.63) is 29.1 Å². The first kappa shape index (κ1) is 15.2. The van der Waals surface area contributed by atoms with Crippen molar-refractivity contribution in [2.24, 2.45) is 0 Å². The van der Waals surface area contributed by atoms with Gasteiger partial charge in [0.05, 0.1) is 18.3 Å². The van der Waals surface area contributed by atoms with Crippen molar-refractivity contribution in [1.29, 1.82) is 0 Å². The minimum absolute atomic E-state index is 0.0387. The van der Waals surface area contributed by atoms with Gasteiger partial charge >= 0.3 is 0 Å². The molecule has 0 spiro atoms. The maximum Gasteiger partial charge on any atom is 0.266 e. The third kappa shape index (κ3) is 2.47. The van der Waals surface area contributed by atoms with E-state index in [1.165, 1.54) is 17.8 Å². The molecule has 24 heavy (non-hydrogen) atoms. The molecule has 2 N–H and O–H groups in total. The number of anilines is 1. The smallest absolute Gasteiger partial charge is 0.266 e. The standard InChI is InChI=1S/C18H19N3O2S/c1-23-12-6-5-11-9-13-15(19)16(24-17(13)20-14(11)10-12)18(22)21-7-3-2-4-8-21/h5-6,9-10H,2-4,7-8,19H2,1H3. The molecule has 1 aliphatic rings. The third-order valence-electron chi connectivity index (χ3n) is 4.56. The summed E-state index contributed by atoms with van der Waals surface area (Å²) in [4.78, 5) is 20.8. The zero-order valence-corrected chi connectivity index (χ0v) is 14.4. The molecule has 0 unspecified atom stereocenters. The van der Waals surface area contributed by atoms with Crippen molar-refractivity contribution in [3.8, 4) is 5.75 Å². The first-order chi connectivity index (χ1) is 11.7. The molecule has 1 saturated heterocycles. The van der Waals surface area contributed by atoms with Crippen LogP contribution >= 0.6 is 11.3 Å². The van der Waals surface area contributed by atoms with Crippen molar-refractivity contribution >= 4 is 44.1 Å². The predicted molar refractivity (Wildman–Crippen MR) is 97.8 cm³/mol. The normalized spacial score (nSPS) is 15.1. The number of nitrogen functional groups attached to an aromatic ring is 1. The number of rotatable bonds is 2. The lowest BCUT2D eigenvalue weighted by molar-refractivity contribution is 0.0730. The van der Waals surface area contributed by atoms with Crippen molar-refractivity contribution in [2.45, 2.75) is 19.3 Å². The molecule has 3 aromatic rings. The number of carbonyl (C=O) groups is 1. The monoisotopic (exact) mass is 341 g/mol. The lowest BCUT2D eigenvalue weighted by atomic mass is 10.1. The Morgan fingerprint density at radius 2 is 2.04 bits per heavy atom. The van der Waals surface area contributed by atoms with Gasteiger partial charge in [-0.2, -0.15) is 0 Å². The highest BCUT2D eigenvalue weighted by Crippen LogP contribution is 2.36. The number of methoxy groups -OCH3 is 1. The first-order valence-corrected chi connectivity index (χ1v) is 8.95. The Labute approximate surface area is 144 Å². The lowest BCUT2D eigenvalue weighted by Gasteiger charge is -2.26. The number of nitrogens with zero attached hydrogens (tertiary/aromatic N) is 2. The Bertz CT molecular complexity index is 929. The van der Waals surface area contributed by atoms with E-state index < -0.39 is 0 Å². The number of benzene rings is 1. The average molecular weight is 341 g/mol. The second kappa shape index (κ2) is 5.94. The highest BCUT2D eigenvalue weighted by Gasteiger charge is 2.24. The van der Waals surface area contributed by atoms with Crippen LogP contribution in [0.4, 0.5) is 5.69 Å². The van der Waals surface area contributed by atoms with Gasteiger partial charge in [-0.05, 0) is 37.5 Å². The zero-order chi connectivity index (χ0) is 16.7. The summed E-state index contributed by atoms with van der Waals surface area (Å²) in [6, 6.07) is 7.77. The number of pyridine rings is 1. The Morgan fingerprint density at radius 1 is 1.25 bits per heavy atom. The molecular formula is C18H19N3O2S. The van der Waals surface area contributed by atoms with Gasteiger partial charge in [0.2, 0.25) is 0 Å². The van der Waals surface area contributed by atoms with Gasteiger partial charge in [-0.3, -0.25) is 4.79 Å². The molecule has 1 aromatic carbocycles. The van der Waals surface area contributed by atoms with E-state index in [2.05, 4.69) is 4.98 Å². The summed E-state index contributed by atoms with van der Waals surface area (Å²) in [5.74, 6) is 0.806. The molecule has 0 atom stereocenters. The van der Waals surface area contributed by atoms with Gasteiger partial charge in [-0.25, -0.2) is 4.98 Å². The van der Waals surface area contributed by atoms with Gasteiger partial charge in [0.15, 0.2) is 0 Å². The van der Waals surface area contributed by atoms with Crippen LogP contribution in [0.3, 0.4) is 0 Å². The van der Waals surface area contributed by atoms with Crippen molar-refractivity contribution in [2.75, 3.05) is 25.9 Å². The third-order valence-corrected chi connectivity index (χ3v) is 5.66. The van der Waals surface area contributed by atoms with Crippen LogP contribution in [-0.2, 0) is 0 Å². The quantitative estimate of drug-likeness (QED) is 0.772. The predicted octanol–water partition coefficient (Wildman–Crippen LogP) is 3.67. The van der Waals surface area contributed by atoms with Crippen LogP contribution < -0.4 is 10.5 Å². The fraction of sp³-hybridized carbons (Fsp3) is 0.333. The van der Waals surface area contributed by atoms with Crippen molar-refractivity contribution < 1.29 is 9.53 Å². The van der Waals surface area contributed by atoms with Gasteiger partial charge in [0.25, 0.3) is 5.91 Å². The minimum Gasteiger partial charge on any atom is -0.497 e. The number of nitrogens with two attached hydrogens (primary N) is 1. The van der Waals surface area contributed by atoms with Crippen LogP contribution in [0.1, 0.15) is 28.9 Å². The van der Waals surface area contributed by atoms with E-state index >= 15 is 0 Å². The average Bonchev–Trinajstić information content (AvgIpc) is 2.95. The molecule has 124 valence electrons. The van der Waals surface area contributed by atoms with Gasteiger partial charge in [-0.1, -0.05) is 0 Å². The summed E-state index contributed by atoms with van der Waals surface area (Å²) in [7, 11) is 1.64. The number of thiophene rings is 1. The highest BCUT2D eigenvalue weighted by molar-refractivity contribution is 7.21. The number of hydrogen-bond acceptors (Lipinski definition) is 5. The van der Waals surface area contributed by atoms with Crippen LogP contribution in [0.5, 0.6) is 5.75 Å². The molecular weight excluding hydrogens is 322 g/mol. The first-order valence-electron chi connectivity index (χ1n) is 8.13. The van der Waals surface area contributed by atoms with E-state index in [0.717, 1.165) is 52.8 Å². The van der Waals surface area contributed by atoms with Crippen LogP contribution in [-0.4, -0.2) is 36.0 Å². The topological polar surface area (TPSA) is 68.5 Å². The summed E-state index contributed by atoms with van der Waals surface area (Å²) in [5, 5.41) is 1.85. The molecule has 5 nitrogen and oxygen atoms in total. The van der Waals surface area contributed by atoms with Gasteiger partial charge in [-0.15, -0.1) is 11.3 Å². The summed E-state index contributed by atoms with van der Waals surface area (Å²) in [6.45, 7) is 1.64. The molecule has 0 bridgehead atoms. The number of hydrogen-bond donors (Lipinski definition) is 1. The highest BCUT2D eigenvalue weighted by atomic mass is 32.1. The fourth-order valence-corrected chi connectivity index (χ4v) is 4.25. The van der Waals surface area contributed by atoms with E-state index in [0.29, 0.717) is 10.6 Å². The summed E-state index contributed by atoms with van der Waals surface area (Å²) in [5.41, 5.74) is 7.69. The van der Waals surface area contributed by atoms with Crippen molar-refractivity contribution in [3.63, 3.8) is 0 Å². The molecule has 0 aliphatic carbocycles. The maximum atomic E-state index is 12.8. The number of amides is 1. The van der Waals surface area contributed by atoms with E-state index in [-0.39, 0.29) is 5.91 Å². The van der Waals surface area contributed by atoms with Crippen LogP contribution in [0.25, 0.3) is 21.1 Å². The zero-order valence-electron chi connectivity index (χ0n) is 13.5. The Kier molecular flexibility index (Phi) is 3.76. The Hall–Kier alpha value is -2.34. The SMILES string of the molecule is COc1ccc2cc3c(N)c(C(=O)N4CCCCC4)sc3nc2c1. The van der Waals surface area contributed by atoms with E-state index in [9.17, 15) is 4.79 Å². The summed E-state index contributed by atoms with van der Waals surface area (Å²) in [6.07, 6.45) is 3.33. The van der Waals surface area contributed by atoms with E-state index in [1.807, 2.05) is 29.2 Å². The maximum absolute atomic E-state index is 12.8. The number of aromatic nitrogens is 1. The number of fused-ring (bicyclic) bond motifs is 2. The van der Waals surface area contributed by atoms with Gasteiger partial charge < -0.3 is 15.4 Å². The largest absolute Gasteiger partial charge is 0.497 e. The molecule has 0 radical (unpaired) electrons. The number of ether oxygens (including phenoxy) is 1. The number of piperidine rings is 1. The fourth-order valence-electron chi connectivity index (χ4n) is 3.20. The Morgan fingerprint density at radius 3 is 2.79 bits per heavy atom. The lowest BCUT2D eigenvalue weighted by Crippen LogP contribution is -2.35. The number of carbonyl (C=O) groups excluding carboxylic acids is 1. The second-order valence-corrected chi connectivity index (χ2v) is 7.10. The Balaban J connectivity index is 1.81. The minimum atomic E-state index is 0.0387. The molecule has 1 aliphatic heterocycles. The summed E-state index contributed by atoms with van der Waals surface area (Å²) >= 11 is 1.39. The summed E-state index contributed by atoms with van der Waals surface area (Å²) < 4.78 is 5.26. The van der Waals surface area contributed by atoms with Gasteiger partial charge in [0, 0.05) is 29.9 Å². The molecule has 1 amide bonds. The molecule has 3 heterocycles. The molecule has 1 fully saturated rings. The second-order valence-electron chi connectivity index (χ2n) is 6.10. The van der Waals surface area contributed by atoms with Crippen LogP contribution in [0.15, 0.2) is 24.3 Å². The van der Waals surface area contributed by atoms with Gasteiger partial charge in [0.1, 0.15) is 15.5 Å². The number of likely N-dealkylation sites (tertiary alicyclic amines) is 1. The molecule has 2 aromatic heterocycles. The van der Waals surface area contributed by atoms with Crippen LogP contribution in [0.2, 0.25) is 0 Å². The molecule has 4 rings (SSSR count). The molecule has 6 heteroatoms.